The first-order valence-electron chi connectivity index (χ1n) is 8.49. The predicted molar refractivity (Wildman–Crippen MR) is 90.2 cm³/mol. The molecule has 0 spiro atoms. The molecule has 0 unspecified atom stereocenters. The SMILES string of the molecule is c1csc(N2CCN(CCNCC3CCCCC3)CC2)n1. The van der Waals surface area contributed by atoms with E-state index in [1.54, 1.807) is 11.3 Å². The van der Waals surface area contributed by atoms with Crippen LogP contribution in [0.4, 0.5) is 5.13 Å². The van der Waals surface area contributed by atoms with Gasteiger partial charge in [-0.2, -0.15) is 0 Å². The molecule has 1 saturated carbocycles. The van der Waals surface area contributed by atoms with E-state index in [2.05, 4.69) is 25.5 Å². The zero-order chi connectivity index (χ0) is 14.3. The Morgan fingerprint density at radius 3 is 2.67 bits per heavy atom. The maximum Gasteiger partial charge on any atom is 0.185 e. The highest BCUT2D eigenvalue weighted by atomic mass is 32.1. The topological polar surface area (TPSA) is 31.4 Å². The maximum atomic E-state index is 4.41. The highest BCUT2D eigenvalue weighted by Gasteiger charge is 2.18. The molecule has 4 nitrogen and oxygen atoms in total. The molecule has 0 aromatic carbocycles. The summed E-state index contributed by atoms with van der Waals surface area (Å²) in [7, 11) is 0. The van der Waals surface area contributed by atoms with E-state index in [0.717, 1.165) is 25.6 Å². The molecule has 1 saturated heterocycles. The van der Waals surface area contributed by atoms with E-state index >= 15 is 0 Å². The number of rotatable bonds is 6. The van der Waals surface area contributed by atoms with E-state index in [1.165, 1.54) is 63.4 Å². The van der Waals surface area contributed by atoms with E-state index in [0.29, 0.717) is 0 Å². The minimum atomic E-state index is 0.945. The van der Waals surface area contributed by atoms with Crippen molar-refractivity contribution >= 4 is 16.5 Å². The van der Waals surface area contributed by atoms with Gasteiger partial charge in [-0.05, 0) is 25.3 Å². The number of anilines is 1. The summed E-state index contributed by atoms with van der Waals surface area (Å²) in [4.78, 5) is 9.40. The summed E-state index contributed by atoms with van der Waals surface area (Å²) in [6.45, 7) is 8.16. The minimum Gasteiger partial charge on any atom is -0.346 e. The molecular formula is C16H28N4S. The van der Waals surface area contributed by atoms with Crippen molar-refractivity contribution in [3.05, 3.63) is 11.6 Å². The normalized spacial score (nSPS) is 21.8. The van der Waals surface area contributed by atoms with Crippen LogP contribution >= 0.6 is 11.3 Å². The highest BCUT2D eigenvalue weighted by Crippen LogP contribution is 2.22. The number of hydrogen-bond acceptors (Lipinski definition) is 5. The number of nitrogens with one attached hydrogen (secondary N) is 1. The van der Waals surface area contributed by atoms with Crippen molar-refractivity contribution < 1.29 is 0 Å². The molecule has 0 bridgehead atoms. The third-order valence-corrected chi connectivity index (χ3v) is 5.66. The van der Waals surface area contributed by atoms with Gasteiger partial charge in [0.1, 0.15) is 0 Å². The van der Waals surface area contributed by atoms with Gasteiger partial charge in [-0.25, -0.2) is 4.98 Å². The second-order valence-electron chi connectivity index (χ2n) is 6.35. The Hall–Kier alpha value is -0.650. The summed E-state index contributed by atoms with van der Waals surface area (Å²) >= 11 is 1.75. The first kappa shape index (κ1) is 15.3. The Labute approximate surface area is 132 Å². The molecule has 2 aliphatic rings. The highest BCUT2D eigenvalue weighted by molar-refractivity contribution is 7.13. The van der Waals surface area contributed by atoms with Gasteiger partial charge in [-0.3, -0.25) is 4.90 Å². The van der Waals surface area contributed by atoms with Crippen LogP contribution in [0.3, 0.4) is 0 Å². The number of nitrogens with zero attached hydrogens (tertiary/aromatic N) is 3. The van der Waals surface area contributed by atoms with Crippen LogP contribution in [0.15, 0.2) is 11.6 Å². The second-order valence-corrected chi connectivity index (χ2v) is 7.22. The fourth-order valence-corrected chi connectivity index (χ4v) is 4.17. The zero-order valence-corrected chi connectivity index (χ0v) is 13.8. The third-order valence-electron chi connectivity index (χ3n) is 4.82. The van der Waals surface area contributed by atoms with E-state index in [-0.39, 0.29) is 0 Å². The fourth-order valence-electron chi connectivity index (χ4n) is 3.47. The van der Waals surface area contributed by atoms with Crippen molar-refractivity contribution in [3.63, 3.8) is 0 Å². The first-order valence-corrected chi connectivity index (χ1v) is 9.37. The molecule has 1 aromatic rings. The Bertz CT molecular complexity index is 381. The molecule has 2 fully saturated rings. The molecule has 21 heavy (non-hydrogen) atoms. The molecule has 3 rings (SSSR count). The van der Waals surface area contributed by atoms with Gasteiger partial charge in [-0.15, -0.1) is 11.3 Å². The molecule has 5 heteroatoms. The average molecular weight is 308 g/mol. The van der Waals surface area contributed by atoms with E-state index < -0.39 is 0 Å². The van der Waals surface area contributed by atoms with E-state index in [4.69, 9.17) is 0 Å². The Kier molecular flexibility index (Phi) is 5.89. The predicted octanol–water partition coefficient (Wildman–Crippen LogP) is 2.44. The molecule has 0 atom stereocenters. The van der Waals surface area contributed by atoms with Gasteiger partial charge in [-0.1, -0.05) is 19.3 Å². The second kappa shape index (κ2) is 8.11. The minimum absolute atomic E-state index is 0.945. The lowest BCUT2D eigenvalue weighted by molar-refractivity contribution is 0.252. The lowest BCUT2D eigenvalue weighted by atomic mass is 9.89. The lowest BCUT2D eigenvalue weighted by Gasteiger charge is -2.34. The molecule has 118 valence electrons. The van der Waals surface area contributed by atoms with Gasteiger partial charge in [0.25, 0.3) is 0 Å². The lowest BCUT2D eigenvalue weighted by Crippen LogP contribution is -2.48. The standard InChI is InChI=1S/C16H28N4S/c1-2-4-15(5-3-1)14-17-6-8-19-9-11-20(12-10-19)16-18-7-13-21-16/h7,13,15,17H,1-6,8-12,14H2. The van der Waals surface area contributed by atoms with Crippen LogP contribution in [0.1, 0.15) is 32.1 Å². The molecule has 1 N–H and O–H groups in total. The van der Waals surface area contributed by atoms with Gasteiger partial charge in [0.05, 0.1) is 0 Å². The number of thiazole rings is 1. The first-order chi connectivity index (χ1) is 10.4. The van der Waals surface area contributed by atoms with Crippen LogP contribution < -0.4 is 10.2 Å². The average Bonchev–Trinajstić information content (AvgIpc) is 3.08. The Balaban J connectivity index is 1.27. The van der Waals surface area contributed by atoms with Crippen LogP contribution in [0.5, 0.6) is 0 Å². The summed E-state index contributed by atoms with van der Waals surface area (Å²) in [5.74, 6) is 0.945. The summed E-state index contributed by atoms with van der Waals surface area (Å²) < 4.78 is 0. The maximum absolute atomic E-state index is 4.41. The number of aromatic nitrogens is 1. The van der Waals surface area contributed by atoms with Crippen LogP contribution in [-0.2, 0) is 0 Å². The summed E-state index contributed by atoms with van der Waals surface area (Å²) in [6.07, 6.45) is 9.15. The molecule has 0 radical (unpaired) electrons. The molecule has 0 amide bonds. The van der Waals surface area contributed by atoms with Gasteiger partial charge in [0.2, 0.25) is 0 Å². The molecule has 1 aliphatic carbocycles. The quantitative estimate of drug-likeness (QED) is 0.818. The summed E-state index contributed by atoms with van der Waals surface area (Å²) in [5.41, 5.74) is 0. The van der Waals surface area contributed by atoms with Crippen molar-refractivity contribution in [3.8, 4) is 0 Å². The van der Waals surface area contributed by atoms with Gasteiger partial charge in [0, 0.05) is 50.8 Å². The van der Waals surface area contributed by atoms with Crippen LogP contribution in [-0.4, -0.2) is 55.7 Å². The van der Waals surface area contributed by atoms with Crippen molar-refractivity contribution in [1.82, 2.24) is 15.2 Å². The third kappa shape index (κ3) is 4.66. The van der Waals surface area contributed by atoms with Gasteiger partial charge >= 0.3 is 0 Å². The number of hydrogen-bond donors (Lipinski definition) is 1. The van der Waals surface area contributed by atoms with E-state index in [9.17, 15) is 0 Å². The molecular weight excluding hydrogens is 280 g/mol. The fraction of sp³-hybridized carbons (Fsp3) is 0.812. The van der Waals surface area contributed by atoms with Gasteiger partial charge in [0.15, 0.2) is 5.13 Å². The molecule has 1 aromatic heterocycles. The van der Waals surface area contributed by atoms with Crippen molar-refractivity contribution in [1.29, 1.82) is 0 Å². The summed E-state index contributed by atoms with van der Waals surface area (Å²) in [6, 6.07) is 0. The van der Waals surface area contributed by atoms with Crippen LogP contribution in [0.2, 0.25) is 0 Å². The van der Waals surface area contributed by atoms with Crippen molar-refractivity contribution in [2.75, 3.05) is 50.7 Å². The van der Waals surface area contributed by atoms with E-state index in [1.807, 2.05) is 6.20 Å². The zero-order valence-electron chi connectivity index (χ0n) is 13.0. The smallest absolute Gasteiger partial charge is 0.185 e. The largest absolute Gasteiger partial charge is 0.346 e. The number of piperazine rings is 1. The Morgan fingerprint density at radius 1 is 1.14 bits per heavy atom. The van der Waals surface area contributed by atoms with Crippen molar-refractivity contribution in [2.45, 2.75) is 32.1 Å². The molecule has 1 aliphatic heterocycles. The molecule has 2 heterocycles. The van der Waals surface area contributed by atoms with Crippen molar-refractivity contribution in [2.24, 2.45) is 5.92 Å². The van der Waals surface area contributed by atoms with Crippen LogP contribution in [0.25, 0.3) is 0 Å². The Morgan fingerprint density at radius 2 is 1.95 bits per heavy atom. The van der Waals surface area contributed by atoms with Gasteiger partial charge < -0.3 is 10.2 Å². The van der Waals surface area contributed by atoms with Crippen LogP contribution in [0, 0.1) is 5.92 Å². The summed E-state index contributed by atoms with van der Waals surface area (Å²) in [5, 5.41) is 6.93. The monoisotopic (exact) mass is 308 g/mol.